The minimum absolute atomic E-state index is 0.0996. The summed E-state index contributed by atoms with van der Waals surface area (Å²) < 4.78 is 5.11. The average Bonchev–Trinajstić information content (AvgIpc) is 3.52. The van der Waals surface area contributed by atoms with Crippen molar-refractivity contribution in [3.05, 3.63) is 91.0 Å². The zero-order valence-electron chi connectivity index (χ0n) is 18.0. The third kappa shape index (κ3) is 1.94. The van der Waals surface area contributed by atoms with Gasteiger partial charge in [-0.05, 0) is 41.1 Å². The zero-order chi connectivity index (χ0) is 22.0. The number of aliphatic imine (C=N–C) groups is 1. The fraction of sp³-hybridized carbons (Fsp3) is 0.0333. The fourth-order valence-electron chi connectivity index (χ4n) is 6.12. The molecule has 4 heterocycles. The Balaban J connectivity index is 1.59. The Kier molecular flexibility index (Phi) is 2.98. The van der Waals surface area contributed by atoms with Crippen molar-refractivity contribution in [1.29, 1.82) is 0 Å². The molecule has 0 bridgehead atoms. The van der Waals surface area contributed by atoms with Crippen molar-refractivity contribution in [2.24, 2.45) is 4.99 Å². The van der Waals surface area contributed by atoms with E-state index in [9.17, 15) is 0 Å². The summed E-state index contributed by atoms with van der Waals surface area (Å²) in [5.74, 6) is 1.10. The number of hydrogen-bond donors (Lipinski definition) is 1. The molecule has 7 aromatic rings. The number of nitrogens with zero attached hydrogens (tertiary/aromatic N) is 2. The van der Waals surface area contributed by atoms with E-state index >= 15 is 0 Å². The van der Waals surface area contributed by atoms with E-state index in [4.69, 9.17) is 4.99 Å². The van der Waals surface area contributed by atoms with Gasteiger partial charge in [-0.3, -0.25) is 4.40 Å². The van der Waals surface area contributed by atoms with Crippen LogP contribution in [0.5, 0.6) is 0 Å². The molecule has 3 aromatic heterocycles. The minimum Gasteiger partial charge on any atom is -0.357 e. The summed E-state index contributed by atoms with van der Waals surface area (Å²) in [4.78, 5) is 5.21. The van der Waals surface area contributed by atoms with Crippen LogP contribution in [-0.4, -0.2) is 16.2 Å². The number of benzene rings is 4. The van der Waals surface area contributed by atoms with Crippen LogP contribution in [0.15, 0.2) is 96.0 Å². The van der Waals surface area contributed by atoms with E-state index in [1.807, 2.05) is 11.3 Å². The Morgan fingerprint density at radius 1 is 0.794 bits per heavy atom. The normalized spacial score (nSPS) is 17.3. The second kappa shape index (κ2) is 5.85. The number of hydrogen-bond acceptors (Lipinski definition) is 3. The molecule has 1 aliphatic carbocycles. The van der Waals surface area contributed by atoms with Gasteiger partial charge in [0.15, 0.2) is 0 Å². The molecule has 0 saturated carbocycles. The van der Waals surface area contributed by atoms with Gasteiger partial charge in [0.2, 0.25) is 0 Å². The van der Waals surface area contributed by atoms with Crippen molar-refractivity contribution >= 4 is 86.7 Å². The zero-order valence-corrected chi connectivity index (χ0v) is 18.9. The highest BCUT2D eigenvalue weighted by molar-refractivity contribution is 7.26. The Morgan fingerprint density at radius 2 is 1.68 bits per heavy atom. The lowest BCUT2D eigenvalue weighted by Crippen LogP contribution is -2.30. The molecule has 1 atom stereocenters. The Labute approximate surface area is 198 Å². The number of anilines is 1. The molecule has 158 valence electrons. The fourth-order valence-corrected chi connectivity index (χ4v) is 7.23. The summed E-state index contributed by atoms with van der Waals surface area (Å²) in [7, 11) is 0. The third-order valence-corrected chi connectivity index (χ3v) is 8.63. The molecule has 0 fully saturated rings. The van der Waals surface area contributed by atoms with E-state index in [1.165, 1.54) is 58.1 Å². The number of thiophene rings is 1. The Bertz CT molecular complexity index is 2100. The van der Waals surface area contributed by atoms with Gasteiger partial charge in [-0.2, -0.15) is 0 Å². The molecule has 0 radical (unpaired) electrons. The summed E-state index contributed by atoms with van der Waals surface area (Å²) in [6.45, 7) is 0. The lowest BCUT2D eigenvalue weighted by atomic mass is 9.98. The predicted octanol–water partition coefficient (Wildman–Crippen LogP) is 8.20. The van der Waals surface area contributed by atoms with E-state index in [0.717, 1.165) is 17.2 Å². The van der Waals surface area contributed by atoms with Gasteiger partial charge in [0.25, 0.3) is 0 Å². The minimum atomic E-state index is 0.0996. The van der Waals surface area contributed by atoms with Gasteiger partial charge in [-0.25, -0.2) is 4.99 Å². The molecule has 4 aromatic carbocycles. The first-order chi connectivity index (χ1) is 16.9. The van der Waals surface area contributed by atoms with Crippen molar-refractivity contribution in [2.45, 2.75) is 6.04 Å². The number of fused-ring (bicyclic) bond motifs is 13. The van der Waals surface area contributed by atoms with Gasteiger partial charge >= 0.3 is 0 Å². The summed E-state index contributed by atoms with van der Waals surface area (Å²) in [5, 5.41) is 13.0. The van der Waals surface area contributed by atoms with Crippen molar-refractivity contribution in [2.75, 3.05) is 5.32 Å². The maximum absolute atomic E-state index is 5.21. The SMILES string of the molecule is C1=CC2=Nc3c(n4c5ccc6sc7ccccc7c6c5c5cc6ccccc6c3c54)NC2C=C1. The molecule has 1 unspecified atom stereocenters. The van der Waals surface area contributed by atoms with Crippen LogP contribution in [0.1, 0.15) is 0 Å². The van der Waals surface area contributed by atoms with Crippen molar-refractivity contribution < 1.29 is 0 Å². The number of rotatable bonds is 0. The second-order valence-electron chi connectivity index (χ2n) is 9.24. The molecule has 0 saturated heterocycles. The van der Waals surface area contributed by atoms with E-state index in [2.05, 4.69) is 101 Å². The van der Waals surface area contributed by atoms with Gasteiger partial charge in [0.05, 0.1) is 22.8 Å². The number of allylic oxidation sites excluding steroid dienone is 2. The monoisotopic (exact) mass is 451 g/mol. The molecule has 0 spiro atoms. The Morgan fingerprint density at radius 3 is 2.65 bits per heavy atom. The largest absolute Gasteiger partial charge is 0.357 e. The first-order valence-corrected chi connectivity index (χ1v) is 12.4. The summed E-state index contributed by atoms with van der Waals surface area (Å²) in [6, 6.07) is 24.6. The molecular formula is C30H17N3S. The first-order valence-electron chi connectivity index (χ1n) is 11.6. The third-order valence-electron chi connectivity index (χ3n) is 7.50. The van der Waals surface area contributed by atoms with E-state index < -0.39 is 0 Å². The Hall–Kier alpha value is -4.15. The molecule has 34 heavy (non-hydrogen) atoms. The summed E-state index contributed by atoms with van der Waals surface area (Å²) in [6.07, 6.45) is 8.49. The molecule has 4 heteroatoms. The van der Waals surface area contributed by atoms with Crippen LogP contribution in [0, 0.1) is 0 Å². The summed E-state index contributed by atoms with van der Waals surface area (Å²) in [5.41, 5.74) is 4.64. The topological polar surface area (TPSA) is 28.8 Å². The van der Waals surface area contributed by atoms with E-state index in [-0.39, 0.29) is 6.04 Å². The molecule has 1 N–H and O–H groups in total. The maximum atomic E-state index is 5.21. The smallest absolute Gasteiger partial charge is 0.139 e. The van der Waals surface area contributed by atoms with Crippen molar-refractivity contribution in [1.82, 2.24) is 4.40 Å². The quantitative estimate of drug-likeness (QED) is 0.247. The van der Waals surface area contributed by atoms with Crippen LogP contribution in [0.4, 0.5) is 11.5 Å². The predicted molar refractivity (Wildman–Crippen MR) is 147 cm³/mol. The molecular weight excluding hydrogens is 434 g/mol. The average molecular weight is 452 g/mol. The number of aromatic nitrogens is 1. The second-order valence-corrected chi connectivity index (χ2v) is 10.3. The van der Waals surface area contributed by atoms with Gasteiger partial charge < -0.3 is 5.32 Å². The molecule has 3 nitrogen and oxygen atoms in total. The van der Waals surface area contributed by atoms with Crippen LogP contribution in [-0.2, 0) is 0 Å². The van der Waals surface area contributed by atoms with Crippen molar-refractivity contribution in [3.63, 3.8) is 0 Å². The van der Waals surface area contributed by atoms with Crippen LogP contribution >= 0.6 is 11.3 Å². The van der Waals surface area contributed by atoms with Gasteiger partial charge in [0.1, 0.15) is 11.5 Å². The molecule has 0 amide bonds. The molecule has 1 aliphatic heterocycles. The standard InChI is InChI=1S/C30H17N3S/c1-2-8-17-16(7-1)15-19-25-22(13-14-24-26(25)18-9-3-6-12-23(18)34-24)33-29(19)27(17)28-30(33)32-21-11-5-4-10-20(21)31-28/h1-15,21,32H. The van der Waals surface area contributed by atoms with Gasteiger partial charge in [-0.15, -0.1) is 11.3 Å². The van der Waals surface area contributed by atoms with Crippen LogP contribution in [0.3, 0.4) is 0 Å². The summed E-state index contributed by atoms with van der Waals surface area (Å²) >= 11 is 1.88. The van der Waals surface area contributed by atoms with Crippen LogP contribution in [0.2, 0.25) is 0 Å². The maximum Gasteiger partial charge on any atom is 0.139 e. The van der Waals surface area contributed by atoms with E-state index in [0.29, 0.717) is 0 Å². The lowest BCUT2D eigenvalue weighted by Gasteiger charge is -2.23. The van der Waals surface area contributed by atoms with Crippen molar-refractivity contribution in [3.8, 4) is 0 Å². The molecule has 2 aliphatic rings. The van der Waals surface area contributed by atoms with Crippen LogP contribution < -0.4 is 5.32 Å². The first kappa shape index (κ1) is 17.3. The van der Waals surface area contributed by atoms with Gasteiger partial charge in [0, 0.05) is 36.3 Å². The highest BCUT2D eigenvalue weighted by atomic mass is 32.1. The highest BCUT2D eigenvalue weighted by Crippen LogP contribution is 2.51. The van der Waals surface area contributed by atoms with Gasteiger partial charge in [-0.1, -0.05) is 60.7 Å². The number of nitrogens with one attached hydrogen (secondary N) is 1. The van der Waals surface area contributed by atoms with E-state index in [1.54, 1.807) is 0 Å². The van der Waals surface area contributed by atoms with Crippen LogP contribution in [0.25, 0.3) is 58.1 Å². The lowest BCUT2D eigenvalue weighted by molar-refractivity contribution is 1.09. The molecule has 9 rings (SSSR count). The highest BCUT2D eigenvalue weighted by Gasteiger charge is 2.30.